The van der Waals surface area contributed by atoms with E-state index in [-0.39, 0.29) is 5.78 Å². The monoisotopic (exact) mass is 377 g/mol. The maximum atomic E-state index is 13.0. The van der Waals surface area contributed by atoms with Crippen molar-refractivity contribution in [1.82, 2.24) is 4.40 Å². The van der Waals surface area contributed by atoms with Gasteiger partial charge in [0.2, 0.25) is 0 Å². The van der Waals surface area contributed by atoms with Crippen molar-refractivity contribution >= 4 is 22.9 Å². The molecule has 0 unspecified atom stereocenters. The third-order valence-electron chi connectivity index (χ3n) is 5.53. The number of halogens is 1. The average Bonchev–Trinajstić information content (AvgIpc) is 2.87. The second-order valence-corrected chi connectivity index (χ2v) is 7.84. The Morgan fingerprint density at radius 3 is 2.73 bits per heavy atom. The third-order valence-corrected chi connectivity index (χ3v) is 5.84. The molecule has 2 aromatic heterocycles. The normalized spacial score (nSPS) is 17.3. The summed E-state index contributed by atoms with van der Waals surface area (Å²) in [5, 5.41) is 11.4. The van der Waals surface area contributed by atoms with E-state index in [1.807, 2.05) is 28.8 Å². The van der Waals surface area contributed by atoms with Crippen LogP contribution in [0.4, 0.5) is 0 Å². The zero-order valence-electron chi connectivity index (χ0n) is 15.5. The molecule has 0 saturated heterocycles. The summed E-state index contributed by atoms with van der Waals surface area (Å²) in [6.07, 6.45) is 9.59. The Labute approximate surface area is 160 Å². The van der Waals surface area contributed by atoms with Crippen molar-refractivity contribution in [3.8, 4) is 0 Å². The summed E-state index contributed by atoms with van der Waals surface area (Å²) in [5.74, 6) is 0.0527. The van der Waals surface area contributed by atoms with Crippen LogP contribution in [0.1, 0.15) is 67.4 Å². The molecule has 0 amide bonds. The number of nitrogens with zero attached hydrogens (tertiary/aromatic N) is 1. The number of ether oxygens (including phenoxy) is 1. The zero-order chi connectivity index (χ0) is 18.6. The molecule has 1 N–H and O–H groups in total. The lowest BCUT2D eigenvalue weighted by Gasteiger charge is -2.26. The van der Waals surface area contributed by atoms with E-state index in [9.17, 15) is 9.90 Å². The van der Waals surface area contributed by atoms with Crippen LogP contribution in [-0.4, -0.2) is 34.6 Å². The van der Waals surface area contributed by atoms with Gasteiger partial charge in [-0.1, -0.05) is 37.3 Å². The Morgan fingerprint density at radius 2 is 2.04 bits per heavy atom. The minimum atomic E-state index is -0.690. The SMILES string of the molecule is COCCc1cc(C(=O)CCC2(O)CCCCCC2)c2c(Cl)cccn12. The molecule has 2 aromatic rings. The molecule has 5 heteroatoms. The predicted molar refractivity (Wildman–Crippen MR) is 104 cm³/mol. The third kappa shape index (κ3) is 4.30. The van der Waals surface area contributed by atoms with E-state index in [2.05, 4.69) is 0 Å². The lowest BCUT2D eigenvalue weighted by molar-refractivity contribution is 0.0148. The second-order valence-electron chi connectivity index (χ2n) is 7.43. The van der Waals surface area contributed by atoms with Crippen LogP contribution in [0.15, 0.2) is 24.4 Å². The summed E-state index contributed by atoms with van der Waals surface area (Å²) in [5.41, 5.74) is 1.74. The molecule has 1 saturated carbocycles. The quantitative estimate of drug-likeness (QED) is 0.555. The Hall–Kier alpha value is -1.36. The Morgan fingerprint density at radius 1 is 1.31 bits per heavy atom. The maximum Gasteiger partial charge on any atom is 0.165 e. The molecule has 26 heavy (non-hydrogen) atoms. The number of pyridine rings is 1. The van der Waals surface area contributed by atoms with Gasteiger partial charge in [-0.15, -0.1) is 0 Å². The largest absolute Gasteiger partial charge is 0.390 e. The van der Waals surface area contributed by atoms with E-state index in [0.717, 1.165) is 43.3 Å². The number of Topliss-reactive ketones (excluding diaryl/α,β-unsaturated/α-hetero) is 1. The van der Waals surface area contributed by atoms with E-state index >= 15 is 0 Å². The molecule has 1 fully saturated rings. The first-order valence-corrected chi connectivity index (χ1v) is 9.95. The molecular formula is C21H28ClNO3. The number of rotatable bonds is 7. The van der Waals surface area contributed by atoms with Gasteiger partial charge < -0.3 is 14.2 Å². The van der Waals surface area contributed by atoms with Gasteiger partial charge >= 0.3 is 0 Å². The van der Waals surface area contributed by atoms with Crippen LogP contribution in [0, 0.1) is 0 Å². The van der Waals surface area contributed by atoms with Crippen LogP contribution < -0.4 is 0 Å². The molecular weight excluding hydrogens is 350 g/mol. The first-order chi connectivity index (χ1) is 12.5. The minimum Gasteiger partial charge on any atom is -0.390 e. The summed E-state index contributed by atoms with van der Waals surface area (Å²) in [7, 11) is 1.67. The van der Waals surface area contributed by atoms with Gasteiger partial charge in [0.1, 0.15) is 0 Å². The summed E-state index contributed by atoms with van der Waals surface area (Å²) in [6, 6.07) is 5.63. The van der Waals surface area contributed by atoms with Gasteiger partial charge in [0, 0.05) is 37.4 Å². The van der Waals surface area contributed by atoms with Gasteiger partial charge in [0.05, 0.1) is 22.7 Å². The van der Waals surface area contributed by atoms with Crippen LogP contribution in [-0.2, 0) is 11.2 Å². The van der Waals surface area contributed by atoms with E-state index in [4.69, 9.17) is 16.3 Å². The molecule has 0 atom stereocenters. The Balaban J connectivity index is 1.81. The first-order valence-electron chi connectivity index (χ1n) is 9.57. The van der Waals surface area contributed by atoms with Gasteiger partial charge in [0.15, 0.2) is 5.78 Å². The molecule has 0 aliphatic heterocycles. The molecule has 2 heterocycles. The molecule has 1 aliphatic carbocycles. The topological polar surface area (TPSA) is 50.9 Å². The number of aromatic nitrogens is 1. The molecule has 0 radical (unpaired) electrons. The molecule has 142 valence electrons. The highest BCUT2D eigenvalue weighted by Gasteiger charge is 2.29. The smallest absolute Gasteiger partial charge is 0.165 e. The number of aliphatic hydroxyl groups is 1. The van der Waals surface area contributed by atoms with Gasteiger partial charge in [-0.3, -0.25) is 4.79 Å². The first kappa shape index (κ1) is 19.4. The number of carbonyl (C=O) groups is 1. The van der Waals surface area contributed by atoms with Crippen molar-refractivity contribution < 1.29 is 14.6 Å². The number of hydrogen-bond donors (Lipinski definition) is 1. The molecule has 3 rings (SSSR count). The maximum absolute atomic E-state index is 13.0. The van der Waals surface area contributed by atoms with E-state index in [0.29, 0.717) is 30.0 Å². The van der Waals surface area contributed by atoms with Crippen LogP contribution in [0.2, 0.25) is 5.02 Å². The summed E-state index contributed by atoms with van der Waals surface area (Å²) < 4.78 is 7.16. The molecule has 0 spiro atoms. The second kappa shape index (κ2) is 8.55. The van der Waals surface area contributed by atoms with Crippen molar-refractivity contribution in [2.24, 2.45) is 0 Å². The van der Waals surface area contributed by atoms with Crippen molar-refractivity contribution in [2.45, 2.75) is 63.4 Å². The van der Waals surface area contributed by atoms with Crippen LogP contribution >= 0.6 is 11.6 Å². The highest BCUT2D eigenvalue weighted by Crippen LogP contribution is 2.32. The highest BCUT2D eigenvalue weighted by atomic mass is 35.5. The summed E-state index contributed by atoms with van der Waals surface area (Å²) >= 11 is 6.40. The van der Waals surface area contributed by atoms with E-state index in [1.54, 1.807) is 7.11 Å². The van der Waals surface area contributed by atoms with Gasteiger partial charge in [-0.2, -0.15) is 0 Å². The fourth-order valence-electron chi connectivity index (χ4n) is 4.01. The predicted octanol–water partition coefficient (Wildman–Crippen LogP) is 4.83. The van der Waals surface area contributed by atoms with Crippen LogP contribution in [0.5, 0.6) is 0 Å². The number of methoxy groups -OCH3 is 1. The highest BCUT2D eigenvalue weighted by molar-refractivity contribution is 6.35. The fraction of sp³-hybridized carbons (Fsp3) is 0.571. The van der Waals surface area contributed by atoms with Crippen LogP contribution in [0.25, 0.3) is 5.52 Å². The Bertz CT molecular complexity index is 760. The van der Waals surface area contributed by atoms with Crippen molar-refractivity contribution in [1.29, 1.82) is 0 Å². The number of hydrogen-bond acceptors (Lipinski definition) is 3. The van der Waals surface area contributed by atoms with Crippen molar-refractivity contribution in [2.75, 3.05) is 13.7 Å². The standard InChI is InChI=1S/C21H28ClNO3/c1-26-14-9-16-15-17(20-18(22)7-6-13-23(16)20)19(24)8-12-21(25)10-4-2-3-5-11-21/h6-7,13,15,25H,2-5,8-12,14H2,1H3. The Kier molecular flexibility index (Phi) is 6.38. The molecule has 1 aliphatic rings. The molecule has 0 aromatic carbocycles. The lowest BCUT2D eigenvalue weighted by Crippen LogP contribution is -2.28. The zero-order valence-corrected chi connectivity index (χ0v) is 16.2. The average molecular weight is 378 g/mol. The molecule has 0 bridgehead atoms. The van der Waals surface area contributed by atoms with Crippen molar-refractivity contribution in [3.05, 3.63) is 40.7 Å². The number of ketones is 1. The van der Waals surface area contributed by atoms with Gasteiger partial charge in [-0.25, -0.2) is 0 Å². The minimum absolute atomic E-state index is 0.0527. The summed E-state index contributed by atoms with van der Waals surface area (Å²) in [6.45, 7) is 0.589. The summed E-state index contributed by atoms with van der Waals surface area (Å²) in [4.78, 5) is 13.0. The van der Waals surface area contributed by atoms with Crippen LogP contribution in [0.3, 0.4) is 0 Å². The molecule has 4 nitrogen and oxygen atoms in total. The number of fused-ring (bicyclic) bond motifs is 1. The fourth-order valence-corrected chi connectivity index (χ4v) is 4.28. The van der Waals surface area contributed by atoms with Crippen molar-refractivity contribution in [3.63, 3.8) is 0 Å². The van der Waals surface area contributed by atoms with Gasteiger partial charge in [-0.05, 0) is 37.5 Å². The lowest BCUT2D eigenvalue weighted by atomic mass is 9.88. The van der Waals surface area contributed by atoms with Gasteiger partial charge in [0.25, 0.3) is 0 Å². The number of carbonyl (C=O) groups excluding carboxylic acids is 1. The van der Waals surface area contributed by atoms with E-state index in [1.165, 1.54) is 12.8 Å². The van der Waals surface area contributed by atoms with E-state index < -0.39 is 5.60 Å².